The second-order valence-electron chi connectivity index (χ2n) is 8.03. The van der Waals surface area contributed by atoms with Crippen molar-refractivity contribution in [1.29, 1.82) is 0 Å². The van der Waals surface area contributed by atoms with Crippen LogP contribution in [0, 0.1) is 5.82 Å². The number of nitrogens with zero attached hydrogens (tertiary/aromatic N) is 2. The van der Waals surface area contributed by atoms with Crippen LogP contribution >= 0.6 is 11.6 Å². The van der Waals surface area contributed by atoms with Gasteiger partial charge in [-0.25, -0.2) is 14.2 Å². The van der Waals surface area contributed by atoms with Gasteiger partial charge in [0.15, 0.2) is 5.78 Å². The number of carboxylic acid groups (broad SMARTS) is 1. The van der Waals surface area contributed by atoms with E-state index in [1.54, 1.807) is 30.4 Å². The number of imidazole rings is 1. The summed E-state index contributed by atoms with van der Waals surface area (Å²) in [6, 6.07) is 6.21. The van der Waals surface area contributed by atoms with Crippen molar-refractivity contribution in [3.63, 3.8) is 0 Å². The van der Waals surface area contributed by atoms with Crippen LogP contribution in [0.3, 0.4) is 0 Å². The van der Waals surface area contributed by atoms with Crippen molar-refractivity contribution in [3.8, 4) is 0 Å². The summed E-state index contributed by atoms with van der Waals surface area (Å²) in [6.07, 6.45) is 8.01. The molecule has 9 heteroatoms. The van der Waals surface area contributed by atoms with E-state index >= 15 is 4.39 Å². The number of aromatic carboxylic acids is 1. The molecular weight excluding hydrogens is 461 g/mol. The van der Waals surface area contributed by atoms with Crippen molar-refractivity contribution in [2.75, 3.05) is 0 Å². The van der Waals surface area contributed by atoms with Crippen LogP contribution in [-0.4, -0.2) is 31.4 Å². The lowest BCUT2D eigenvalue weighted by Gasteiger charge is -2.12. The molecule has 0 amide bonds. The number of fused-ring (bicyclic) bond motifs is 4. The number of H-pyrrole nitrogens is 1. The topological polar surface area (TPSA) is 101 Å². The molecule has 2 aromatic carbocycles. The third-order valence-corrected chi connectivity index (χ3v) is 6.46. The minimum Gasteiger partial charge on any atom is -0.477 e. The highest BCUT2D eigenvalue weighted by Gasteiger charge is 2.31. The Morgan fingerprint density at radius 2 is 2.18 bits per heavy atom. The van der Waals surface area contributed by atoms with E-state index in [1.165, 1.54) is 29.3 Å². The predicted octanol–water partition coefficient (Wildman–Crippen LogP) is 5.72. The Morgan fingerprint density at radius 3 is 2.97 bits per heavy atom. The normalized spacial score (nSPS) is 13.9. The van der Waals surface area contributed by atoms with Crippen LogP contribution < -0.4 is 0 Å². The van der Waals surface area contributed by atoms with E-state index in [0.29, 0.717) is 21.5 Å². The van der Waals surface area contributed by atoms with E-state index in [9.17, 15) is 14.7 Å². The predicted molar refractivity (Wildman–Crippen MR) is 126 cm³/mol. The zero-order valence-electron chi connectivity index (χ0n) is 17.4. The summed E-state index contributed by atoms with van der Waals surface area (Å²) in [7, 11) is 0. The zero-order chi connectivity index (χ0) is 23.6. The van der Waals surface area contributed by atoms with Gasteiger partial charge < -0.3 is 19.1 Å². The van der Waals surface area contributed by atoms with Crippen molar-refractivity contribution in [2.45, 2.75) is 13.0 Å². The first kappa shape index (κ1) is 20.4. The molecule has 0 unspecified atom stereocenters. The molecule has 0 saturated carbocycles. The Bertz CT molecular complexity index is 1740. The number of nitrogens with one attached hydrogen (secondary N) is 1. The van der Waals surface area contributed by atoms with Crippen molar-refractivity contribution in [3.05, 3.63) is 82.7 Å². The molecule has 6 rings (SSSR count). The number of aromatic nitrogens is 3. The van der Waals surface area contributed by atoms with Crippen molar-refractivity contribution in [2.24, 2.45) is 0 Å². The van der Waals surface area contributed by atoms with Crippen molar-refractivity contribution in [1.82, 2.24) is 14.5 Å². The summed E-state index contributed by atoms with van der Waals surface area (Å²) >= 11 is 6.50. The van der Waals surface area contributed by atoms with Crippen molar-refractivity contribution >= 4 is 61.8 Å². The number of carbonyl (C=O) groups is 2. The lowest BCUT2D eigenvalue weighted by atomic mass is 9.93. The maximum Gasteiger partial charge on any atom is 0.353 e. The number of furan rings is 1. The number of Topliss-reactive ketones (excluding diaryl/α,β-unsaturated/α-hetero) is 1. The number of carboxylic acids is 1. The molecule has 0 aliphatic heterocycles. The summed E-state index contributed by atoms with van der Waals surface area (Å²) in [5.74, 6) is -2.05. The number of aromatic amines is 1. The molecule has 2 N–H and O–H groups in total. The summed E-state index contributed by atoms with van der Waals surface area (Å²) < 4.78 is 22.1. The lowest BCUT2D eigenvalue weighted by molar-refractivity contribution is -0.113. The Labute approximate surface area is 195 Å². The summed E-state index contributed by atoms with van der Waals surface area (Å²) in [5.41, 5.74) is 2.77. The van der Waals surface area contributed by atoms with Crippen LogP contribution in [0.4, 0.5) is 4.39 Å². The van der Waals surface area contributed by atoms with E-state index < -0.39 is 11.8 Å². The van der Waals surface area contributed by atoms with E-state index in [0.717, 1.165) is 5.52 Å². The SMILES string of the molecule is O=C1CC=CC=C1c1c(C(=O)O)n(Cc2cc3[nH]cnc3cc2Cl)c2cc(F)c3ccoc3c12. The second kappa shape index (κ2) is 7.43. The number of ketones is 1. The summed E-state index contributed by atoms with van der Waals surface area (Å²) in [6.45, 7) is 0.0227. The molecular formula is C25H15ClFN3O4. The maximum atomic E-state index is 15.0. The Balaban J connectivity index is 1.72. The molecule has 1 aliphatic rings. The largest absolute Gasteiger partial charge is 0.477 e. The van der Waals surface area contributed by atoms with Gasteiger partial charge >= 0.3 is 5.97 Å². The maximum absolute atomic E-state index is 15.0. The average molecular weight is 476 g/mol. The van der Waals surface area contributed by atoms with E-state index in [2.05, 4.69) is 9.97 Å². The van der Waals surface area contributed by atoms with Crippen LogP contribution in [0.15, 0.2) is 59.5 Å². The number of benzene rings is 2. The highest BCUT2D eigenvalue weighted by atomic mass is 35.5. The van der Waals surface area contributed by atoms with Gasteiger partial charge in [0.1, 0.15) is 17.1 Å². The zero-order valence-corrected chi connectivity index (χ0v) is 18.2. The summed E-state index contributed by atoms with van der Waals surface area (Å²) in [4.78, 5) is 32.6. The quantitative estimate of drug-likeness (QED) is 0.346. The highest BCUT2D eigenvalue weighted by molar-refractivity contribution is 6.32. The van der Waals surface area contributed by atoms with Crippen molar-refractivity contribution < 1.29 is 23.5 Å². The second-order valence-corrected chi connectivity index (χ2v) is 8.44. The molecule has 168 valence electrons. The average Bonchev–Trinajstić information content (AvgIpc) is 3.52. The van der Waals surface area contributed by atoms with Crippen LogP contribution in [0.25, 0.3) is 38.5 Å². The van der Waals surface area contributed by atoms with Gasteiger partial charge in [-0.15, -0.1) is 0 Å². The number of hydrogen-bond donors (Lipinski definition) is 2. The fourth-order valence-electron chi connectivity index (χ4n) is 4.61. The monoisotopic (exact) mass is 475 g/mol. The standard InChI is InChI=1S/C25H15ClFN3O4/c26-15-8-18-17(28-11-29-18)7-12(15)10-30-19-9-16(27)13-5-6-34-24(13)22(19)21(23(30)25(32)33)14-3-1-2-4-20(14)31/h1-3,5-9,11H,4,10H2,(H,28,29)(H,32,33). The van der Waals surface area contributed by atoms with Gasteiger partial charge in [-0.3, -0.25) is 4.79 Å². The van der Waals surface area contributed by atoms with Crippen LogP contribution in [0.5, 0.6) is 0 Å². The summed E-state index contributed by atoms with van der Waals surface area (Å²) in [5, 5.41) is 11.3. The van der Waals surface area contributed by atoms with E-state index in [1.807, 2.05) is 0 Å². The smallest absolute Gasteiger partial charge is 0.353 e. The van der Waals surface area contributed by atoms with Gasteiger partial charge in [0, 0.05) is 29.1 Å². The molecule has 0 spiro atoms. The fourth-order valence-corrected chi connectivity index (χ4v) is 4.83. The number of allylic oxidation sites excluding steroid dienone is 4. The lowest BCUT2D eigenvalue weighted by Crippen LogP contribution is -2.13. The minimum atomic E-state index is -1.26. The highest BCUT2D eigenvalue weighted by Crippen LogP contribution is 2.40. The van der Waals surface area contributed by atoms with Gasteiger partial charge in [0.05, 0.1) is 39.9 Å². The third kappa shape index (κ3) is 2.92. The fraction of sp³-hybridized carbons (Fsp3) is 0.0800. The Hall–Kier alpha value is -4.17. The van der Waals surface area contributed by atoms with Gasteiger partial charge in [-0.05, 0) is 29.8 Å². The first-order chi connectivity index (χ1) is 16.4. The molecule has 3 heterocycles. The number of hydrogen-bond acceptors (Lipinski definition) is 4. The Kier molecular flexibility index (Phi) is 4.46. The third-order valence-electron chi connectivity index (χ3n) is 6.11. The number of halogens is 2. The first-order valence-electron chi connectivity index (χ1n) is 10.4. The van der Waals surface area contributed by atoms with Gasteiger partial charge in [0.25, 0.3) is 0 Å². The molecule has 0 radical (unpaired) electrons. The molecule has 34 heavy (non-hydrogen) atoms. The van der Waals surface area contributed by atoms with E-state index in [4.69, 9.17) is 16.0 Å². The molecule has 0 atom stereocenters. The number of rotatable bonds is 4. The molecule has 3 aromatic heterocycles. The molecule has 0 fully saturated rings. The molecule has 0 saturated heterocycles. The molecule has 0 bridgehead atoms. The molecule has 1 aliphatic carbocycles. The molecule has 5 aromatic rings. The van der Waals surface area contributed by atoms with Crippen LogP contribution in [0.2, 0.25) is 5.02 Å². The molecule has 7 nitrogen and oxygen atoms in total. The first-order valence-corrected chi connectivity index (χ1v) is 10.8. The van der Waals surface area contributed by atoms with Crippen LogP contribution in [-0.2, 0) is 11.3 Å². The van der Waals surface area contributed by atoms with Gasteiger partial charge in [-0.1, -0.05) is 29.8 Å². The van der Waals surface area contributed by atoms with Gasteiger partial charge in [-0.2, -0.15) is 0 Å². The minimum absolute atomic E-state index is 0.0227. The van der Waals surface area contributed by atoms with E-state index in [-0.39, 0.29) is 52.1 Å². The number of carbonyl (C=O) groups excluding carboxylic acids is 1. The van der Waals surface area contributed by atoms with Crippen LogP contribution in [0.1, 0.15) is 28.0 Å². The van der Waals surface area contributed by atoms with Gasteiger partial charge in [0.2, 0.25) is 0 Å². The Morgan fingerprint density at radius 1 is 1.32 bits per heavy atom.